The lowest BCUT2D eigenvalue weighted by Crippen LogP contribution is -2.18. The van der Waals surface area contributed by atoms with Gasteiger partial charge in [-0.3, -0.25) is 4.79 Å². The molecule has 1 atom stereocenters. The van der Waals surface area contributed by atoms with E-state index >= 15 is 4.39 Å². The van der Waals surface area contributed by atoms with Gasteiger partial charge in [-0.05, 0) is 60.0 Å². The molecule has 0 bridgehead atoms. The number of nitrogens with zero attached hydrogens (tertiary/aromatic N) is 2. The molecule has 5 rings (SSSR count). The summed E-state index contributed by atoms with van der Waals surface area (Å²) >= 11 is 0. The summed E-state index contributed by atoms with van der Waals surface area (Å²) in [5.74, 6) is -1.48. The van der Waals surface area contributed by atoms with Crippen LogP contribution in [0, 0.1) is 17.1 Å². The summed E-state index contributed by atoms with van der Waals surface area (Å²) in [6, 6.07) is 28.3. The fourth-order valence-electron chi connectivity index (χ4n) is 5.07. The number of benzene rings is 4. The highest BCUT2D eigenvalue weighted by Gasteiger charge is 2.37. The van der Waals surface area contributed by atoms with Crippen molar-refractivity contribution in [2.24, 2.45) is 0 Å². The van der Waals surface area contributed by atoms with Gasteiger partial charge in [-0.25, -0.2) is 4.39 Å². The molecule has 0 spiro atoms. The van der Waals surface area contributed by atoms with E-state index in [9.17, 15) is 28.3 Å². The molecule has 0 aliphatic rings. The van der Waals surface area contributed by atoms with E-state index in [1.165, 1.54) is 43.3 Å². The number of carbonyl (C=O) groups excluding carboxylic acids is 1. The van der Waals surface area contributed by atoms with E-state index in [0.717, 1.165) is 16.2 Å². The lowest BCUT2D eigenvalue weighted by molar-refractivity contribution is -0.138. The highest BCUT2D eigenvalue weighted by molar-refractivity contribution is 6.04. The first kappa shape index (κ1) is 31.0. The fourth-order valence-corrected chi connectivity index (χ4v) is 5.07. The minimum Gasteiger partial charge on any atom is -0.489 e. The number of aliphatic hydroxyl groups excluding tert-OH is 1. The summed E-state index contributed by atoms with van der Waals surface area (Å²) in [5, 5.41) is 23.0. The van der Waals surface area contributed by atoms with Crippen molar-refractivity contribution < 1.29 is 32.2 Å². The minimum absolute atomic E-state index is 0.0826. The Hall–Kier alpha value is -5.40. The van der Waals surface area contributed by atoms with Crippen molar-refractivity contribution in [1.82, 2.24) is 4.57 Å². The van der Waals surface area contributed by atoms with Crippen molar-refractivity contribution in [3.05, 3.63) is 148 Å². The van der Waals surface area contributed by atoms with Crippen LogP contribution in [0.4, 0.5) is 23.2 Å². The van der Waals surface area contributed by atoms with Crippen LogP contribution in [0.1, 0.15) is 57.0 Å². The molecule has 10 heteroatoms. The quantitative estimate of drug-likeness (QED) is 0.165. The number of amides is 1. The van der Waals surface area contributed by atoms with Gasteiger partial charge in [0.1, 0.15) is 30.0 Å². The van der Waals surface area contributed by atoms with Crippen molar-refractivity contribution in [3.8, 4) is 17.5 Å². The molecule has 1 unspecified atom stereocenters. The van der Waals surface area contributed by atoms with Crippen molar-refractivity contribution in [2.75, 3.05) is 5.32 Å². The van der Waals surface area contributed by atoms with Gasteiger partial charge in [-0.15, -0.1) is 0 Å². The summed E-state index contributed by atoms with van der Waals surface area (Å²) < 4.78 is 64.2. The number of alkyl halides is 3. The number of para-hydroxylation sites is 1. The molecule has 1 heterocycles. The fraction of sp³-hybridized carbons (Fsp3) is 0.143. The Morgan fingerprint density at radius 2 is 1.71 bits per heavy atom. The third kappa shape index (κ3) is 6.74. The van der Waals surface area contributed by atoms with Crippen LogP contribution in [-0.2, 0) is 19.2 Å². The second-order valence-electron chi connectivity index (χ2n) is 10.1. The molecule has 0 fully saturated rings. The number of ether oxygens (including phenoxy) is 1. The second kappa shape index (κ2) is 13.1. The number of aromatic nitrogens is 1. The molecule has 0 radical (unpaired) electrons. The zero-order valence-electron chi connectivity index (χ0n) is 24.0. The SMILES string of the molecule is CCc1c(C(F)(F)F)cc(C(=O)Nc2cc(C(O)c3ccccc3OCc3ccccc3)ccc2F)n1-c1cccc(C#N)c1. The maximum Gasteiger partial charge on any atom is 0.418 e. The third-order valence-corrected chi connectivity index (χ3v) is 7.21. The van der Waals surface area contributed by atoms with Crippen LogP contribution in [0.3, 0.4) is 0 Å². The Labute approximate surface area is 256 Å². The number of hydrogen-bond donors (Lipinski definition) is 2. The number of aliphatic hydroxyl groups is 1. The third-order valence-electron chi connectivity index (χ3n) is 7.21. The Morgan fingerprint density at radius 3 is 2.42 bits per heavy atom. The largest absolute Gasteiger partial charge is 0.489 e. The van der Waals surface area contributed by atoms with Gasteiger partial charge in [-0.1, -0.05) is 67.6 Å². The van der Waals surface area contributed by atoms with Crippen LogP contribution >= 0.6 is 0 Å². The van der Waals surface area contributed by atoms with E-state index in [-0.39, 0.29) is 41.2 Å². The zero-order chi connectivity index (χ0) is 32.1. The molecule has 0 aliphatic heterocycles. The molecule has 228 valence electrons. The maximum atomic E-state index is 15.0. The van der Waals surface area contributed by atoms with Gasteiger partial charge < -0.3 is 19.7 Å². The predicted molar refractivity (Wildman–Crippen MR) is 160 cm³/mol. The molecular weight excluding hydrogens is 586 g/mol. The zero-order valence-corrected chi connectivity index (χ0v) is 24.0. The smallest absolute Gasteiger partial charge is 0.418 e. The maximum absolute atomic E-state index is 15.0. The Kier molecular flexibility index (Phi) is 9.02. The predicted octanol–water partition coefficient (Wildman–Crippen LogP) is 7.98. The summed E-state index contributed by atoms with van der Waals surface area (Å²) in [6.45, 7) is 1.76. The molecular formula is C35H27F4N3O3. The minimum atomic E-state index is -4.77. The second-order valence-corrected chi connectivity index (χ2v) is 10.1. The summed E-state index contributed by atoms with van der Waals surface area (Å²) in [7, 11) is 0. The molecule has 5 aromatic rings. The normalized spacial score (nSPS) is 11.9. The van der Waals surface area contributed by atoms with E-state index in [4.69, 9.17) is 4.74 Å². The van der Waals surface area contributed by atoms with Crippen LogP contribution in [0.2, 0.25) is 0 Å². The Balaban J connectivity index is 1.48. The molecule has 45 heavy (non-hydrogen) atoms. The van der Waals surface area contributed by atoms with Gasteiger partial charge in [0, 0.05) is 16.9 Å². The van der Waals surface area contributed by atoms with Crippen molar-refractivity contribution in [3.63, 3.8) is 0 Å². The Morgan fingerprint density at radius 1 is 0.978 bits per heavy atom. The first-order valence-electron chi connectivity index (χ1n) is 14.0. The van der Waals surface area contributed by atoms with Crippen LogP contribution < -0.4 is 10.1 Å². The summed E-state index contributed by atoms with van der Waals surface area (Å²) in [4.78, 5) is 13.5. The van der Waals surface area contributed by atoms with E-state index in [1.54, 1.807) is 24.3 Å². The van der Waals surface area contributed by atoms with Gasteiger partial charge in [-0.2, -0.15) is 18.4 Å². The van der Waals surface area contributed by atoms with Gasteiger partial charge >= 0.3 is 6.18 Å². The molecule has 0 saturated heterocycles. The van der Waals surface area contributed by atoms with E-state index in [2.05, 4.69) is 5.32 Å². The summed E-state index contributed by atoms with van der Waals surface area (Å²) in [6.07, 6.45) is -6.14. The highest BCUT2D eigenvalue weighted by Crippen LogP contribution is 2.37. The number of nitriles is 1. The topological polar surface area (TPSA) is 87.3 Å². The van der Waals surface area contributed by atoms with Gasteiger partial charge in [0.05, 0.1) is 22.9 Å². The van der Waals surface area contributed by atoms with E-state index in [0.29, 0.717) is 17.4 Å². The molecule has 1 amide bonds. The number of nitrogens with one attached hydrogen (secondary N) is 1. The van der Waals surface area contributed by atoms with E-state index in [1.807, 2.05) is 36.4 Å². The van der Waals surface area contributed by atoms with E-state index < -0.39 is 35.3 Å². The molecule has 1 aromatic heterocycles. The molecule has 4 aromatic carbocycles. The molecule has 6 nitrogen and oxygen atoms in total. The van der Waals surface area contributed by atoms with Gasteiger partial charge in [0.25, 0.3) is 5.91 Å². The average molecular weight is 614 g/mol. The van der Waals surface area contributed by atoms with Crippen LogP contribution in [0.5, 0.6) is 5.75 Å². The average Bonchev–Trinajstić information content (AvgIpc) is 3.46. The first-order chi connectivity index (χ1) is 21.6. The number of anilines is 1. The standard InChI is InChI=1S/C35H27F4N3O3/c1-2-30-27(35(37,38)39)19-31(42(30)25-12-8-11-23(17-25)20-40)34(44)41-29-18-24(15-16-28(29)36)33(43)26-13-6-7-14-32(26)45-21-22-9-4-3-5-10-22/h3-19,33,43H,2,21H2,1H3,(H,41,44). The number of rotatable bonds is 9. The molecule has 0 aliphatic carbocycles. The van der Waals surface area contributed by atoms with Crippen molar-refractivity contribution in [1.29, 1.82) is 5.26 Å². The lowest BCUT2D eigenvalue weighted by atomic mass is 10.00. The van der Waals surface area contributed by atoms with Crippen LogP contribution in [0.25, 0.3) is 5.69 Å². The number of hydrogen-bond acceptors (Lipinski definition) is 4. The van der Waals surface area contributed by atoms with Gasteiger partial charge in [0.15, 0.2) is 0 Å². The number of halogens is 4. The highest BCUT2D eigenvalue weighted by atomic mass is 19.4. The first-order valence-corrected chi connectivity index (χ1v) is 14.0. The van der Waals surface area contributed by atoms with Crippen LogP contribution in [0.15, 0.2) is 103 Å². The van der Waals surface area contributed by atoms with Crippen molar-refractivity contribution in [2.45, 2.75) is 32.2 Å². The van der Waals surface area contributed by atoms with Gasteiger partial charge in [0.2, 0.25) is 0 Å². The monoisotopic (exact) mass is 613 g/mol. The molecule has 2 N–H and O–H groups in total. The summed E-state index contributed by atoms with van der Waals surface area (Å²) in [5.41, 5.74) is -0.0852. The Bertz CT molecular complexity index is 1880. The van der Waals surface area contributed by atoms with Crippen LogP contribution in [-0.4, -0.2) is 15.6 Å². The van der Waals surface area contributed by atoms with Crippen molar-refractivity contribution >= 4 is 11.6 Å². The number of carbonyl (C=O) groups is 1. The molecule has 0 saturated carbocycles. The lowest BCUT2D eigenvalue weighted by Gasteiger charge is -2.18.